The van der Waals surface area contributed by atoms with Gasteiger partial charge in [-0.3, -0.25) is 4.79 Å². The largest absolute Gasteiger partial charge is 0.348 e. The van der Waals surface area contributed by atoms with Gasteiger partial charge in [0.1, 0.15) is 5.82 Å². The van der Waals surface area contributed by atoms with Gasteiger partial charge in [0, 0.05) is 19.7 Å². The summed E-state index contributed by atoms with van der Waals surface area (Å²) >= 11 is 0. The molecule has 0 bridgehead atoms. The minimum absolute atomic E-state index is 0.104. The Hall–Kier alpha value is -1.38. The van der Waals surface area contributed by atoms with E-state index in [-0.39, 0.29) is 11.7 Å². The summed E-state index contributed by atoms with van der Waals surface area (Å²) in [4.78, 5) is 13.4. The van der Waals surface area contributed by atoms with E-state index in [2.05, 4.69) is 0 Å². The normalized spacial score (nSPS) is 11.3. The molecule has 0 aliphatic rings. The number of hydrogen-bond donors (Lipinski definition) is 0. The van der Waals surface area contributed by atoms with Gasteiger partial charge in [-0.25, -0.2) is 4.39 Å². The number of hydrogen-bond acceptors (Lipinski definition) is 1. The summed E-state index contributed by atoms with van der Waals surface area (Å²) < 4.78 is 13.5. The molecule has 82 valence electrons. The molecule has 1 aromatic carbocycles. The Kier molecular flexibility index (Phi) is 3.12. The molecule has 0 aliphatic carbocycles. The molecule has 0 saturated heterocycles. The van der Waals surface area contributed by atoms with Gasteiger partial charge >= 0.3 is 0 Å². The predicted molar refractivity (Wildman–Crippen MR) is 58.1 cm³/mol. The van der Waals surface area contributed by atoms with Crippen LogP contribution >= 0.6 is 0 Å². The van der Waals surface area contributed by atoms with Crippen molar-refractivity contribution in [2.45, 2.75) is 19.3 Å². The average molecular weight is 209 g/mol. The molecule has 0 aliphatic heterocycles. The Morgan fingerprint density at radius 2 is 1.80 bits per heavy atom. The first-order valence-corrected chi connectivity index (χ1v) is 4.84. The maximum absolute atomic E-state index is 13.5. The minimum atomic E-state index is -0.825. The smallest absolute Gasteiger partial charge is 0.232 e. The molecule has 3 heteroatoms. The zero-order valence-electron chi connectivity index (χ0n) is 9.54. The number of benzene rings is 1. The first-order valence-electron chi connectivity index (χ1n) is 4.84. The van der Waals surface area contributed by atoms with Gasteiger partial charge < -0.3 is 4.90 Å². The molecule has 1 rings (SSSR count). The van der Waals surface area contributed by atoms with E-state index in [1.807, 2.05) is 0 Å². The number of rotatable bonds is 2. The number of halogens is 1. The number of carbonyl (C=O) groups excluding carboxylic acids is 1. The van der Waals surface area contributed by atoms with Crippen LogP contribution in [-0.2, 0) is 10.2 Å². The fraction of sp³-hybridized carbons (Fsp3) is 0.417. The fourth-order valence-electron chi connectivity index (χ4n) is 1.64. The van der Waals surface area contributed by atoms with Gasteiger partial charge in [0.05, 0.1) is 5.41 Å². The van der Waals surface area contributed by atoms with Crippen LogP contribution in [0.15, 0.2) is 24.3 Å². The van der Waals surface area contributed by atoms with E-state index >= 15 is 0 Å². The van der Waals surface area contributed by atoms with Crippen LogP contribution in [0.4, 0.5) is 4.39 Å². The zero-order valence-corrected chi connectivity index (χ0v) is 9.54. The maximum atomic E-state index is 13.5. The highest BCUT2D eigenvalue weighted by atomic mass is 19.1. The fourth-order valence-corrected chi connectivity index (χ4v) is 1.64. The third-order valence-electron chi connectivity index (χ3n) is 2.49. The van der Waals surface area contributed by atoms with Gasteiger partial charge in [0.25, 0.3) is 0 Å². The van der Waals surface area contributed by atoms with E-state index in [1.165, 1.54) is 11.0 Å². The Bertz CT molecular complexity index is 372. The first-order chi connectivity index (χ1) is 6.87. The number of amides is 1. The molecule has 15 heavy (non-hydrogen) atoms. The van der Waals surface area contributed by atoms with E-state index in [0.29, 0.717) is 5.56 Å². The van der Waals surface area contributed by atoms with Crippen LogP contribution in [0, 0.1) is 5.82 Å². The van der Waals surface area contributed by atoms with Crippen LogP contribution < -0.4 is 0 Å². The molecule has 0 aromatic heterocycles. The van der Waals surface area contributed by atoms with Crippen molar-refractivity contribution in [3.05, 3.63) is 35.6 Å². The maximum Gasteiger partial charge on any atom is 0.232 e. The van der Waals surface area contributed by atoms with Crippen LogP contribution in [-0.4, -0.2) is 24.9 Å². The molecule has 0 atom stereocenters. The van der Waals surface area contributed by atoms with Crippen LogP contribution in [0.5, 0.6) is 0 Å². The molecule has 0 fully saturated rings. The van der Waals surface area contributed by atoms with Gasteiger partial charge in [-0.05, 0) is 19.9 Å². The lowest BCUT2D eigenvalue weighted by molar-refractivity contribution is -0.133. The molecule has 0 unspecified atom stereocenters. The lowest BCUT2D eigenvalue weighted by Crippen LogP contribution is -2.39. The third-order valence-corrected chi connectivity index (χ3v) is 2.49. The summed E-state index contributed by atoms with van der Waals surface area (Å²) in [6.07, 6.45) is 0. The molecule has 0 N–H and O–H groups in total. The highest BCUT2D eigenvalue weighted by Crippen LogP contribution is 2.27. The summed E-state index contributed by atoms with van der Waals surface area (Å²) in [7, 11) is 3.34. The third kappa shape index (κ3) is 2.17. The molecule has 0 saturated carbocycles. The quantitative estimate of drug-likeness (QED) is 0.731. The van der Waals surface area contributed by atoms with Crippen LogP contribution in [0.3, 0.4) is 0 Å². The number of carbonyl (C=O) groups is 1. The van der Waals surface area contributed by atoms with Crippen molar-refractivity contribution in [2.24, 2.45) is 0 Å². The predicted octanol–water partition coefficient (Wildman–Crippen LogP) is 2.19. The highest BCUT2D eigenvalue weighted by Gasteiger charge is 2.33. The molecular weight excluding hydrogens is 193 g/mol. The lowest BCUT2D eigenvalue weighted by atomic mass is 9.83. The number of likely N-dealkylation sites (N-methyl/N-ethyl adjacent to an activating group) is 1. The molecule has 1 amide bonds. The summed E-state index contributed by atoms with van der Waals surface area (Å²) in [6, 6.07) is 6.38. The van der Waals surface area contributed by atoms with Gasteiger partial charge in [0.15, 0.2) is 0 Å². The molecular formula is C12H16FNO. The van der Waals surface area contributed by atoms with Crippen LogP contribution in [0.1, 0.15) is 19.4 Å². The van der Waals surface area contributed by atoms with Crippen molar-refractivity contribution < 1.29 is 9.18 Å². The lowest BCUT2D eigenvalue weighted by Gasteiger charge is -2.27. The average Bonchev–Trinajstić information content (AvgIpc) is 2.16. The van der Waals surface area contributed by atoms with E-state index in [9.17, 15) is 9.18 Å². The standard InChI is InChI=1S/C12H16FNO/c1-12(2,11(15)14(3)4)9-7-5-6-8-10(9)13/h5-8H,1-4H3. The topological polar surface area (TPSA) is 20.3 Å². The van der Waals surface area contributed by atoms with Crippen molar-refractivity contribution in [3.8, 4) is 0 Å². The Morgan fingerprint density at radius 1 is 1.27 bits per heavy atom. The summed E-state index contributed by atoms with van der Waals surface area (Å²) in [5.41, 5.74) is -0.391. The number of nitrogens with zero attached hydrogens (tertiary/aromatic N) is 1. The van der Waals surface area contributed by atoms with Gasteiger partial charge in [-0.2, -0.15) is 0 Å². The van der Waals surface area contributed by atoms with Crippen molar-refractivity contribution in [2.75, 3.05) is 14.1 Å². The molecule has 2 nitrogen and oxygen atoms in total. The Morgan fingerprint density at radius 3 is 2.27 bits per heavy atom. The van der Waals surface area contributed by atoms with Crippen LogP contribution in [0.2, 0.25) is 0 Å². The van der Waals surface area contributed by atoms with Crippen molar-refractivity contribution in [1.82, 2.24) is 4.90 Å². The monoisotopic (exact) mass is 209 g/mol. The summed E-state index contributed by atoms with van der Waals surface area (Å²) in [5.74, 6) is -0.440. The van der Waals surface area contributed by atoms with Crippen LogP contribution in [0.25, 0.3) is 0 Å². The first kappa shape index (κ1) is 11.7. The summed E-state index contributed by atoms with van der Waals surface area (Å²) in [6.45, 7) is 3.46. The molecule has 0 heterocycles. The SMILES string of the molecule is CN(C)C(=O)C(C)(C)c1ccccc1F. The second-order valence-corrected chi connectivity index (χ2v) is 4.30. The molecule has 1 aromatic rings. The second-order valence-electron chi connectivity index (χ2n) is 4.30. The van der Waals surface area contributed by atoms with E-state index in [1.54, 1.807) is 46.1 Å². The van der Waals surface area contributed by atoms with E-state index in [0.717, 1.165) is 0 Å². The van der Waals surface area contributed by atoms with Crippen molar-refractivity contribution in [1.29, 1.82) is 0 Å². The minimum Gasteiger partial charge on any atom is -0.348 e. The zero-order chi connectivity index (χ0) is 11.6. The van der Waals surface area contributed by atoms with E-state index < -0.39 is 5.41 Å². The molecule has 0 spiro atoms. The van der Waals surface area contributed by atoms with Gasteiger partial charge in [0.2, 0.25) is 5.91 Å². The molecule has 0 radical (unpaired) electrons. The van der Waals surface area contributed by atoms with E-state index in [4.69, 9.17) is 0 Å². The van der Waals surface area contributed by atoms with Gasteiger partial charge in [-0.15, -0.1) is 0 Å². The van der Waals surface area contributed by atoms with Crippen molar-refractivity contribution in [3.63, 3.8) is 0 Å². The second kappa shape index (κ2) is 4.01. The highest BCUT2D eigenvalue weighted by molar-refractivity contribution is 5.87. The summed E-state index contributed by atoms with van der Waals surface area (Å²) in [5, 5.41) is 0. The van der Waals surface area contributed by atoms with Crippen molar-refractivity contribution >= 4 is 5.91 Å². The Labute approximate surface area is 89.7 Å². The Balaban J connectivity index is 3.17. The van der Waals surface area contributed by atoms with Gasteiger partial charge in [-0.1, -0.05) is 18.2 Å².